The lowest BCUT2D eigenvalue weighted by atomic mass is 9.98. The highest BCUT2D eigenvalue weighted by Gasteiger charge is 2.29. The molecule has 35 heavy (non-hydrogen) atoms. The summed E-state index contributed by atoms with van der Waals surface area (Å²) in [5, 5.41) is 13.9. The fourth-order valence-corrected chi connectivity index (χ4v) is 4.33. The number of aliphatic carboxylic acids is 1. The lowest BCUT2D eigenvalue weighted by Crippen LogP contribution is -2.41. The van der Waals surface area contributed by atoms with Crippen LogP contribution in [0.25, 0.3) is 11.1 Å². The number of hydrogen-bond acceptors (Lipinski definition) is 4. The third-order valence-electron chi connectivity index (χ3n) is 6.00. The maximum atomic E-state index is 15.0. The van der Waals surface area contributed by atoms with E-state index >= 15 is 0 Å². The average molecular weight is 477 g/mol. The number of nitrogens with one attached hydrogen (secondary N) is 2. The van der Waals surface area contributed by atoms with Gasteiger partial charge >= 0.3 is 12.1 Å². The highest BCUT2D eigenvalue weighted by atomic mass is 19.1. The van der Waals surface area contributed by atoms with Gasteiger partial charge in [-0.25, -0.2) is 14.0 Å². The SMILES string of the molecule is CCC[C@@H](NC(=O)c1cccc(NC(=O)OCC2c3ccccc3-c3ccccc32)c1F)C(=O)O. The first-order valence-electron chi connectivity index (χ1n) is 11.3. The smallest absolute Gasteiger partial charge is 0.411 e. The summed E-state index contributed by atoms with van der Waals surface area (Å²) in [6.07, 6.45) is -0.124. The molecule has 4 rings (SSSR count). The van der Waals surface area contributed by atoms with Crippen LogP contribution in [0.4, 0.5) is 14.9 Å². The minimum atomic E-state index is -1.20. The molecule has 0 saturated carbocycles. The second-order valence-electron chi connectivity index (χ2n) is 8.27. The molecule has 3 N–H and O–H groups in total. The van der Waals surface area contributed by atoms with Crippen LogP contribution in [0.2, 0.25) is 0 Å². The zero-order valence-electron chi connectivity index (χ0n) is 19.1. The molecule has 2 amide bonds. The minimum absolute atomic E-state index is 0.0545. The van der Waals surface area contributed by atoms with E-state index in [1.807, 2.05) is 48.5 Å². The van der Waals surface area contributed by atoms with Crippen molar-refractivity contribution in [3.8, 4) is 11.1 Å². The normalized spacial score (nSPS) is 12.9. The van der Waals surface area contributed by atoms with Crippen molar-refractivity contribution in [3.63, 3.8) is 0 Å². The molecule has 0 saturated heterocycles. The number of carboxylic acid groups (broad SMARTS) is 1. The second-order valence-corrected chi connectivity index (χ2v) is 8.27. The summed E-state index contributed by atoms with van der Waals surface area (Å²) in [6, 6.07) is 18.6. The predicted molar refractivity (Wildman–Crippen MR) is 129 cm³/mol. The van der Waals surface area contributed by atoms with Gasteiger partial charge in [0.15, 0.2) is 5.82 Å². The number of carboxylic acids is 1. The highest BCUT2D eigenvalue weighted by molar-refractivity contribution is 5.98. The maximum Gasteiger partial charge on any atom is 0.411 e. The van der Waals surface area contributed by atoms with Gasteiger partial charge in [-0.05, 0) is 40.8 Å². The van der Waals surface area contributed by atoms with Gasteiger partial charge in [0.2, 0.25) is 0 Å². The Morgan fingerprint density at radius 2 is 1.60 bits per heavy atom. The van der Waals surface area contributed by atoms with Crippen molar-refractivity contribution in [1.29, 1.82) is 0 Å². The van der Waals surface area contributed by atoms with Crippen LogP contribution in [0.15, 0.2) is 66.7 Å². The number of halogens is 1. The molecule has 7 nitrogen and oxygen atoms in total. The topological polar surface area (TPSA) is 105 Å². The van der Waals surface area contributed by atoms with Crippen LogP contribution < -0.4 is 10.6 Å². The van der Waals surface area contributed by atoms with E-state index in [1.165, 1.54) is 18.2 Å². The third-order valence-corrected chi connectivity index (χ3v) is 6.00. The first-order chi connectivity index (χ1) is 16.9. The summed E-state index contributed by atoms with van der Waals surface area (Å²) in [6.45, 7) is 1.83. The van der Waals surface area contributed by atoms with Crippen LogP contribution in [0.3, 0.4) is 0 Å². The van der Waals surface area contributed by atoms with Crippen molar-refractivity contribution in [2.75, 3.05) is 11.9 Å². The molecule has 8 heteroatoms. The fourth-order valence-electron chi connectivity index (χ4n) is 4.33. The van der Waals surface area contributed by atoms with Crippen molar-refractivity contribution in [3.05, 3.63) is 89.2 Å². The lowest BCUT2D eigenvalue weighted by molar-refractivity contribution is -0.139. The van der Waals surface area contributed by atoms with E-state index in [0.29, 0.717) is 6.42 Å². The Labute approximate surface area is 201 Å². The van der Waals surface area contributed by atoms with Crippen LogP contribution in [0, 0.1) is 5.82 Å². The van der Waals surface area contributed by atoms with Crippen molar-refractivity contribution < 1.29 is 28.6 Å². The number of benzene rings is 3. The molecular weight excluding hydrogens is 451 g/mol. The Balaban J connectivity index is 1.44. The predicted octanol–water partition coefficient (Wildman–Crippen LogP) is 5.17. The molecule has 0 heterocycles. The van der Waals surface area contributed by atoms with Crippen LogP contribution in [0.1, 0.15) is 47.2 Å². The van der Waals surface area contributed by atoms with E-state index in [2.05, 4.69) is 10.6 Å². The number of anilines is 1. The van der Waals surface area contributed by atoms with E-state index in [-0.39, 0.29) is 30.2 Å². The summed E-state index contributed by atoms with van der Waals surface area (Å²) < 4.78 is 20.4. The number of amides is 2. The van der Waals surface area contributed by atoms with Crippen LogP contribution in [-0.2, 0) is 9.53 Å². The molecule has 180 valence electrons. The second kappa shape index (κ2) is 10.4. The summed E-state index contributed by atoms with van der Waals surface area (Å²) in [5.41, 5.74) is 3.66. The van der Waals surface area contributed by atoms with E-state index in [4.69, 9.17) is 4.74 Å². The van der Waals surface area contributed by atoms with Gasteiger partial charge in [0.25, 0.3) is 5.91 Å². The summed E-state index contributed by atoms with van der Waals surface area (Å²) in [4.78, 5) is 36.3. The minimum Gasteiger partial charge on any atom is -0.480 e. The van der Waals surface area contributed by atoms with Gasteiger partial charge in [0.05, 0.1) is 11.3 Å². The van der Waals surface area contributed by atoms with Gasteiger partial charge in [-0.15, -0.1) is 0 Å². The quantitative estimate of drug-likeness (QED) is 0.416. The van der Waals surface area contributed by atoms with Gasteiger partial charge in [0, 0.05) is 5.92 Å². The number of fused-ring (bicyclic) bond motifs is 3. The molecule has 0 bridgehead atoms. The van der Waals surface area contributed by atoms with E-state index in [9.17, 15) is 23.9 Å². The van der Waals surface area contributed by atoms with Crippen LogP contribution in [-0.4, -0.2) is 35.7 Å². The molecule has 0 spiro atoms. The zero-order valence-corrected chi connectivity index (χ0v) is 19.1. The van der Waals surface area contributed by atoms with Gasteiger partial charge in [0.1, 0.15) is 12.6 Å². The average Bonchev–Trinajstić information content (AvgIpc) is 3.17. The fraction of sp³-hybridized carbons (Fsp3) is 0.222. The van der Waals surface area contributed by atoms with Crippen molar-refractivity contribution in [2.24, 2.45) is 0 Å². The number of hydrogen-bond donors (Lipinski definition) is 3. The zero-order chi connectivity index (χ0) is 24.9. The molecule has 0 radical (unpaired) electrons. The Hall–Kier alpha value is -4.20. The summed E-state index contributed by atoms with van der Waals surface area (Å²) in [5.74, 6) is -3.20. The molecule has 1 aliphatic rings. The first-order valence-corrected chi connectivity index (χ1v) is 11.3. The van der Waals surface area contributed by atoms with Gasteiger partial charge in [-0.1, -0.05) is 67.9 Å². The molecule has 1 atom stereocenters. The number of carbonyl (C=O) groups excluding carboxylic acids is 2. The maximum absolute atomic E-state index is 15.0. The molecule has 0 aromatic heterocycles. The Morgan fingerprint density at radius 1 is 0.971 bits per heavy atom. The Bertz CT molecular complexity index is 1230. The van der Waals surface area contributed by atoms with Gasteiger partial charge in [-0.3, -0.25) is 10.1 Å². The largest absolute Gasteiger partial charge is 0.480 e. The Morgan fingerprint density at radius 3 is 2.20 bits per heavy atom. The summed E-state index contributed by atoms with van der Waals surface area (Å²) >= 11 is 0. The number of rotatable bonds is 8. The van der Waals surface area contributed by atoms with Gasteiger partial charge < -0.3 is 15.2 Å². The van der Waals surface area contributed by atoms with Crippen LogP contribution >= 0.6 is 0 Å². The highest BCUT2D eigenvalue weighted by Crippen LogP contribution is 2.44. The standard InChI is InChI=1S/C27H25FN2O5/c1-2-8-23(26(32)33)29-25(31)20-13-7-14-22(24(20)28)30-27(34)35-15-21-18-11-5-3-9-16(18)17-10-4-6-12-19(17)21/h3-7,9-14,21,23H,2,8,15H2,1H3,(H,29,31)(H,30,34)(H,32,33)/t23-/m1/s1. The molecule has 0 fully saturated rings. The van der Waals surface area contributed by atoms with Crippen molar-refractivity contribution in [1.82, 2.24) is 5.32 Å². The van der Waals surface area contributed by atoms with E-state index in [1.54, 1.807) is 6.92 Å². The number of carbonyl (C=O) groups is 3. The molecule has 3 aromatic rings. The van der Waals surface area contributed by atoms with Crippen molar-refractivity contribution >= 4 is 23.7 Å². The van der Waals surface area contributed by atoms with Crippen molar-refractivity contribution in [2.45, 2.75) is 31.7 Å². The van der Waals surface area contributed by atoms with Crippen LogP contribution in [0.5, 0.6) is 0 Å². The molecular formula is C27H25FN2O5. The molecule has 1 aliphatic carbocycles. The molecule has 0 unspecified atom stereocenters. The number of ether oxygens (including phenoxy) is 1. The first kappa shape index (κ1) is 23.9. The lowest BCUT2D eigenvalue weighted by Gasteiger charge is -2.16. The van der Waals surface area contributed by atoms with E-state index in [0.717, 1.165) is 22.3 Å². The molecule has 3 aromatic carbocycles. The van der Waals surface area contributed by atoms with E-state index < -0.39 is 29.8 Å². The monoisotopic (exact) mass is 476 g/mol. The molecule has 0 aliphatic heterocycles. The Kier molecular flexibility index (Phi) is 7.10. The third kappa shape index (κ3) is 5.01. The summed E-state index contributed by atoms with van der Waals surface area (Å²) in [7, 11) is 0. The van der Waals surface area contributed by atoms with Gasteiger partial charge in [-0.2, -0.15) is 0 Å².